The number of carbonyl (C=O) groups is 2. The van der Waals surface area contributed by atoms with Gasteiger partial charge < -0.3 is 14.7 Å². The Morgan fingerprint density at radius 2 is 2.04 bits per heavy atom. The molecule has 0 saturated carbocycles. The molecule has 1 N–H and O–H groups in total. The summed E-state index contributed by atoms with van der Waals surface area (Å²) in [5.41, 5.74) is 2.00. The van der Waals surface area contributed by atoms with Gasteiger partial charge in [0.05, 0.1) is 17.2 Å². The molecular weight excluding hydrogens is 298 g/mol. The van der Waals surface area contributed by atoms with E-state index in [9.17, 15) is 9.59 Å². The van der Waals surface area contributed by atoms with Crippen LogP contribution in [0.1, 0.15) is 42.0 Å². The molecule has 1 rings (SSSR count). The number of carbonyl (C=O) groups excluding carboxylic acids is 1. The van der Waals surface area contributed by atoms with Gasteiger partial charge in [-0.2, -0.15) is 5.10 Å². The van der Waals surface area contributed by atoms with Crippen LogP contribution < -0.4 is 0 Å². The lowest BCUT2D eigenvalue weighted by Gasteiger charge is -2.25. The second-order valence-electron chi connectivity index (χ2n) is 5.71. The Morgan fingerprint density at radius 3 is 2.52 bits per heavy atom. The fourth-order valence-corrected chi connectivity index (χ4v) is 2.43. The van der Waals surface area contributed by atoms with Crippen molar-refractivity contribution in [1.29, 1.82) is 0 Å². The molecule has 0 saturated heterocycles. The first-order valence-electron chi connectivity index (χ1n) is 7.89. The van der Waals surface area contributed by atoms with E-state index in [1.807, 2.05) is 13.8 Å². The first-order chi connectivity index (χ1) is 10.8. The second-order valence-corrected chi connectivity index (χ2v) is 5.71. The van der Waals surface area contributed by atoms with E-state index in [1.54, 1.807) is 30.5 Å². The van der Waals surface area contributed by atoms with Gasteiger partial charge in [0.15, 0.2) is 0 Å². The van der Waals surface area contributed by atoms with Gasteiger partial charge in [0.25, 0.3) is 5.91 Å². The lowest BCUT2D eigenvalue weighted by atomic mass is 10.1. The number of aliphatic carboxylic acids is 1. The molecule has 0 radical (unpaired) electrons. The van der Waals surface area contributed by atoms with Crippen LogP contribution in [-0.4, -0.2) is 58.0 Å². The molecule has 1 atom stereocenters. The van der Waals surface area contributed by atoms with Crippen LogP contribution >= 0.6 is 0 Å². The third kappa shape index (κ3) is 5.06. The molecule has 0 fully saturated rings. The Kier molecular flexibility index (Phi) is 7.22. The van der Waals surface area contributed by atoms with E-state index in [-0.39, 0.29) is 12.5 Å². The molecule has 1 aromatic rings. The Bertz CT molecular complexity index is 554. The van der Waals surface area contributed by atoms with Crippen LogP contribution in [-0.2, 0) is 16.6 Å². The van der Waals surface area contributed by atoms with Gasteiger partial charge in [-0.15, -0.1) is 0 Å². The SMILES string of the molecule is CCOCCCN(CC(C)C(=O)O)C(=O)c1c(C)nn(C)c1C. The highest BCUT2D eigenvalue weighted by Crippen LogP contribution is 2.16. The van der Waals surface area contributed by atoms with Crippen LogP contribution in [0.15, 0.2) is 0 Å². The van der Waals surface area contributed by atoms with Crippen molar-refractivity contribution in [3.63, 3.8) is 0 Å². The number of aryl methyl sites for hydroxylation is 2. The highest BCUT2D eigenvalue weighted by atomic mass is 16.5. The summed E-state index contributed by atoms with van der Waals surface area (Å²) in [6.45, 7) is 8.96. The quantitative estimate of drug-likeness (QED) is 0.698. The summed E-state index contributed by atoms with van der Waals surface area (Å²) in [5.74, 6) is -1.70. The molecule has 0 aliphatic heterocycles. The first-order valence-corrected chi connectivity index (χ1v) is 7.89. The second kappa shape index (κ2) is 8.67. The van der Waals surface area contributed by atoms with Crippen LogP contribution in [0.4, 0.5) is 0 Å². The monoisotopic (exact) mass is 325 g/mol. The smallest absolute Gasteiger partial charge is 0.308 e. The molecule has 0 aliphatic rings. The zero-order valence-electron chi connectivity index (χ0n) is 14.6. The largest absolute Gasteiger partial charge is 0.481 e. The zero-order valence-corrected chi connectivity index (χ0v) is 14.6. The van der Waals surface area contributed by atoms with Crippen LogP contribution in [0.3, 0.4) is 0 Å². The predicted molar refractivity (Wildman–Crippen MR) is 86.5 cm³/mol. The summed E-state index contributed by atoms with van der Waals surface area (Å²) in [4.78, 5) is 25.6. The van der Waals surface area contributed by atoms with Crippen molar-refractivity contribution in [2.24, 2.45) is 13.0 Å². The number of ether oxygens (including phenoxy) is 1. The van der Waals surface area contributed by atoms with Gasteiger partial charge >= 0.3 is 5.97 Å². The third-order valence-electron chi connectivity index (χ3n) is 3.85. The lowest BCUT2D eigenvalue weighted by Crippen LogP contribution is -2.38. The third-order valence-corrected chi connectivity index (χ3v) is 3.85. The fraction of sp³-hybridized carbons (Fsp3) is 0.688. The fourth-order valence-electron chi connectivity index (χ4n) is 2.43. The number of nitrogens with zero attached hydrogens (tertiary/aromatic N) is 3. The average molecular weight is 325 g/mol. The average Bonchev–Trinajstić information content (AvgIpc) is 2.74. The van der Waals surface area contributed by atoms with Crippen LogP contribution in [0, 0.1) is 19.8 Å². The number of hydrogen-bond acceptors (Lipinski definition) is 4. The van der Waals surface area contributed by atoms with Crippen LogP contribution in [0.5, 0.6) is 0 Å². The van der Waals surface area contributed by atoms with E-state index in [0.29, 0.717) is 37.4 Å². The number of carboxylic acids is 1. The van der Waals surface area contributed by atoms with Gasteiger partial charge in [0, 0.05) is 39.0 Å². The lowest BCUT2D eigenvalue weighted by molar-refractivity contribution is -0.141. The molecule has 7 heteroatoms. The van der Waals surface area contributed by atoms with E-state index in [2.05, 4.69) is 5.10 Å². The Hall–Kier alpha value is -1.89. The minimum absolute atomic E-state index is 0.169. The maximum atomic E-state index is 12.9. The maximum Gasteiger partial charge on any atom is 0.308 e. The van der Waals surface area contributed by atoms with Gasteiger partial charge in [-0.25, -0.2) is 0 Å². The minimum atomic E-state index is -0.910. The van der Waals surface area contributed by atoms with Crippen molar-refractivity contribution < 1.29 is 19.4 Å². The van der Waals surface area contributed by atoms with Gasteiger partial charge in [-0.1, -0.05) is 6.92 Å². The van der Waals surface area contributed by atoms with Gasteiger partial charge in [-0.05, 0) is 27.2 Å². The van der Waals surface area contributed by atoms with Crippen LogP contribution in [0.2, 0.25) is 0 Å². The Morgan fingerprint density at radius 1 is 1.39 bits per heavy atom. The standard InChI is InChI=1S/C16H27N3O4/c1-6-23-9-7-8-19(10-11(2)16(21)22)15(20)14-12(3)17-18(5)13(14)4/h11H,6-10H2,1-5H3,(H,21,22). The molecule has 1 aromatic heterocycles. The predicted octanol–water partition coefficient (Wildman–Crippen LogP) is 1.63. The minimum Gasteiger partial charge on any atom is -0.481 e. The molecule has 130 valence electrons. The van der Waals surface area contributed by atoms with Crippen molar-refractivity contribution in [3.05, 3.63) is 17.0 Å². The van der Waals surface area contributed by atoms with Gasteiger partial charge in [0.2, 0.25) is 0 Å². The summed E-state index contributed by atoms with van der Waals surface area (Å²) in [7, 11) is 1.79. The summed E-state index contributed by atoms with van der Waals surface area (Å²) in [5, 5.41) is 13.4. The molecule has 23 heavy (non-hydrogen) atoms. The molecular formula is C16H27N3O4. The number of aromatic nitrogens is 2. The van der Waals surface area contributed by atoms with E-state index in [4.69, 9.17) is 9.84 Å². The Labute approximate surface area is 137 Å². The maximum absolute atomic E-state index is 12.9. The van der Waals surface area contributed by atoms with E-state index >= 15 is 0 Å². The van der Waals surface area contributed by atoms with Crippen molar-refractivity contribution in [3.8, 4) is 0 Å². The summed E-state index contributed by atoms with van der Waals surface area (Å²) >= 11 is 0. The normalized spacial score (nSPS) is 12.2. The van der Waals surface area contributed by atoms with E-state index in [0.717, 1.165) is 5.69 Å². The topological polar surface area (TPSA) is 84.7 Å². The molecule has 1 amide bonds. The number of hydrogen-bond donors (Lipinski definition) is 1. The molecule has 1 heterocycles. The molecule has 1 unspecified atom stereocenters. The number of carboxylic acid groups (broad SMARTS) is 1. The van der Waals surface area contributed by atoms with Crippen molar-refractivity contribution in [2.75, 3.05) is 26.3 Å². The van der Waals surface area contributed by atoms with Crippen molar-refractivity contribution in [2.45, 2.75) is 34.1 Å². The molecule has 0 aliphatic carbocycles. The van der Waals surface area contributed by atoms with E-state index in [1.165, 1.54) is 0 Å². The summed E-state index contributed by atoms with van der Waals surface area (Å²) in [6.07, 6.45) is 0.671. The molecule has 0 spiro atoms. The first kappa shape index (κ1) is 19.2. The summed E-state index contributed by atoms with van der Waals surface area (Å²) in [6, 6.07) is 0. The molecule has 0 bridgehead atoms. The van der Waals surface area contributed by atoms with Crippen molar-refractivity contribution in [1.82, 2.24) is 14.7 Å². The van der Waals surface area contributed by atoms with E-state index < -0.39 is 11.9 Å². The van der Waals surface area contributed by atoms with Gasteiger partial charge in [0.1, 0.15) is 0 Å². The highest BCUT2D eigenvalue weighted by Gasteiger charge is 2.25. The Balaban J connectivity index is 2.92. The number of amides is 1. The number of rotatable bonds is 9. The molecule has 7 nitrogen and oxygen atoms in total. The zero-order chi connectivity index (χ0) is 17.6. The van der Waals surface area contributed by atoms with Crippen LogP contribution in [0.25, 0.3) is 0 Å². The molecule has 0 aromatic carbocycles. The summed E-state index contributed by atoms with van der Waals surface area (Å²) < 4.78 is 6.97. The highest BCUT2D eigenvalue weighted by molar-refractivity contribution is 5.96. The van der Waals surface area contributed by atoms with Crippen molar-refractivity contribution >= 4 is 11.9 Å². The van der Waals surface area contributed by atoms with Gasteiger partial charge in [-0.3, -0.25) is 14.3 Å².